The minimum absolute atomic E-state index is 0.122. The molecule has 1 aromatic carbocycles. The zero-order chi connectivity index (χ0) is 14.4. The Bertz CT molecular complexity index is 471. The van der Waals surface area contributed by atoms with E-state index in [-0.39, 0.29) is 6.04 Å². The molecular weight excluding hydrogens is 252 g/mol. The molecule has 1 saturated heterocycles. The summed E-state index contributed by atoms with van der Waals surface area (Å²) >= 11 is 0. The number of carbonyl (C=O) groups is 1. The molecule has 1 heterocycles. The van der Waals surface area contributed by atoms with Crippen molar-refractivity contribution < 1.29 is 9.90 Å². The fourth-order valence-corrected chi connectivity index (χ4v) is 2.62. The lowest BCUT2D eigenvalue weighted by Gasteiger charge is -2.21. The van der Waals surface area contributed by atoms with E-state index in [9.17, 15) is 4.79 Å². The van der Waals surface area contributed by atoms with Gasteiger partial charge in [-0.2, -0.15) is 0 Å². The van der Waals surface area contributed by atoms with Gasteiger partial charge in [-0.25, -0.2) is 4.79 Å². The van der Waals surface area contributed by atoms with E-state index >= 15 is 0 Å². The van der Waals surface area contributed by atoms with Crippen LogP contribution in [-0.2, 0) is 0 Å². The Kier molecular flexibility index (Phi) is 5.18. The van der Waals surface area contributed by atoms with Crippen LogP contribution in [0.3, 0.4) is 0 Å². The van der Waals surface area contributed by atoms with Crippen molar-refractivity contribution in [1.82, 2.24) is 10.2 Å². The van der Waals surface area contributed by atoms with Gasteiger partial charge in [-0.3, -0.25) is 0 Å². The highest BCUT2D eigenvalue weighted by Crippen LogP contribution is 2.16. The Balaban J connectivity index is 1.78. The van der Waals surface area contributed by atoms with Crippen molar-refractivity contribution in [2.45, 2.75) is 25.8 Å². The van der Waals surface area contributed by atoms with Crippen LogP contribution in [0.2, 0.25) is 0 Å². The largest absolute Gasteiger partial charge is 0.465 e. The number of carboxylic acid groups (broad SMARTS) is 1. The highest BCUT2D eigenvalue weighted by Gasteiger charge is 2.27. The summed E-state index contributed by atoms with van der Waals surface area (Å²) in [6.45, 7) is 4.27. The molecule has 0 spiro atoms. The maximum absolute atomic E-state index is 11.0. The Morgan fingerprint density at radius 2 is 2.20 bits per heavy atom. The Morgan fingerprint density at radius 1 is 1.45 bits per heavy atom. The Hall–Kier alpha value is -1.81. The van der Waals surface area contributed by atoms with E-state index in [1.165, 1.54) is 11.1 Å². The molecule has 2 rings (SSSR count). The van der Waals surface area contributed by atoms with Gasteiger partial charge in [-0.1, -0.05) is 42.0 Å². The maximum Gasteiger partial charge on any atom is 0.407 e. The zero-order valence-electron chi connectivity index (χ0n) is 11.9. The van der Waals surface area contributed by atoms with Crippen molar-refractivity contribution in [1.29, 1.82) is 0 Å². The van der Waals surface area contributed by atoms with Gasteiger partial charge in [0, 0.05) is 25.7 Å². The first-order valence-corrected chi connectivity index (χ1v) is 7.09. The molecule has 20 heavy (non-hydrogen) atoms. The Labute approximate surface area is 120 Å². The van der Waals surface area contributed by atoms with Crippen molar-refractivity contribution in [3.63, 3.8) is 0 Å². The van der Waals surface area contributed by atoms with Crippen LogP contribution < -0.4 is 5.32 Å². The lowest BCUT2D eigenvalue weighted by Crippen LogP contribution is -2.41. The number of hydrogen-bond acceptors (Lipinski definition) is 2. The maximum atomic E-state index is 11.0. The minimum atomic E-state index is -0.800. The summed E-state index contributed by atoms with van der Waals surface area (Å²) in [4.78, 5) is 12.6. The fraction of sp³-hybridized carbons (Fsp3) is 0.438. The monoisotopic (exact) mass is 274 g/mol. The van der Waals surface area contributed by atoms with E-state index in [1.54, 1.807) is 4.90 Å². The van der Waals surface area contributed by atoms with Crippen molar-refractivity contribution in [3.05, 3.63) is 41.5 Å². The van der Waals surface area contributed by atoms with Crippen LogP contribution >= 0.6 is 0 Å². The van der Waals surface area contributed by atoms with Crippen LogP contribution in [-0.4, -0.2) is 41.8 Å². The summed E-state index contributed by atoms with van der Waals surface area (Å²) in [6.07, 6.45) is 3.28. The molecule has 4 heteroatoms. The number of nitrogens with zero attached hydrogens (tertiary/aromatic N) is 1. The third kappa shape index (κ3) is 4.10. The van der Waals surface area contributed by atoms with Crippen molar-refractivity contribution in [2.75, 3.05) is 19.6 Å². The zero-order valence-corrected chi connectivity index (χ0v) is 11.9. The number of rotatable bonds is 5. The summed E-state index contributed by atoms with van der Waals surface area (Å²) in [5, 5.41) is 12.4. The molecule has 108 valence electrons. The van der Waals surface area contributed by atoms with Gasteiger partial charge in [0.05, 0.1) is 0 Å². The summed E-state index contributed by atoms with van der Waals surface area (Å²) in [5.41, 5.74) is 2.44. The van der Waals surface area contributed by atoms with E-state index in [4.69, 9.17) is 5.11 Å². The second-order valence-corrected chi connectivity index (χ2v) is 5.30. The first kappa shape index (κ1) is 14.6. The third-order valence-electron chi connectivity index (χ3n) is 3.62. The predicted molar refractivity (Wildman–Crippen MR) is 80.7 cm³/mol. The summed E-state index contributed by atoms with van der Waals surface area (Å²) < 4.78 is 0. The number of amides is 1. The molecule has 1 aliphatic rings. The predicted octanol–water partition coefficient (Wildman–Crippen LogP) is 2.82. The smallest absolute Gasteiger partial charge is 0.407 e. The molecule has 1 aliphatic heterocycles. The van der Waals surface area contributed by atoms with Crippen LogP contribution in [0.15, 0.2) is 35.9 Å². The molecule has 0 saturated carbocycles. The molecule has 0 bridgehead atoms. The number of hydrogen-bond donors (Lipinski definition) is 2. The lowest BCUT2D eigenvalue weighted by molar-refractivity contribution is 0.140. The van der Waals surface area contributed by atoms with Crippen molar-refractivity contribution in [3.8, 4) is 0 Å². The van der Waals surface area contributed by atoms with Crippen LogP contribution in [0.1, 0.15) is 25.3 Å². The minimum Gasteiger partial charge on any atom is -0.465 e. The average Bonchev–Trinajstić information content (AvgIpc) is 2.88. The van der Waals surface area contributed by atoms with Gasteiger partial charge in [-0.15, -0.1) is 0 Å². The van der Waals surface area contributed by atoms with Gasteiger partial charge in [0.2, 0.25) is 0 Å². The second-order valence-electron chi connectivity index (χ2n) is 5.30. The molecular formula is C16H22N2O2. The topological polar surface area (TPSA) is 52.6 Å². The van der Waals surface area contributed by atoms with Crippen LogP contribution in [0.4, 0.5) is 4.79 Å². The lowest BCUT2D eigenvalue weighted by atomic mass is 10.1. The molecule has 0 unspecified atom stereocenters. The summed E-state index contributed by atoms with van der Waals surface area (Å²) in [5.74, 6) is 0. The highest BCUT2D eigenvalue weighted by atomic mass is 16.4. The van der Waals surface area contributed by atoms with Gasteiger partial charge < -0.3 is 15.3 Å². The SMILES string of the molecule is CC(=Cc1ccccc1)CNC[C@@H]1CCCN1C(=O)O. The van der Waals surface area contributed by atoms with Crippen molar-refractivity contribution >= 4 is 12.2 Å². The van der Waals surface area contributed by atoms with Gasteiger partial charge in [-0.05, 0) is 25.3 Å². The van der Waals surface area contributed by atoms with E-state index in [0.717, 1.165) is 25.9 Å². The Morgan fingerprint density at radius 3 is 2.90 bits per heavy atom. The molecule has 1 amide bonds. The molecule has 1 aromatic rings. The van der Waals surface area contributed by atoms with E-state index in [1.807, 2.05) is 18.2 Å². The second kappa shape index (κ2) is 7.10. The first-order valence-electron chi connectivity index (χ1n) is 7.09. The number of benzene rings is 1. The van der Waals surface area contributed by atoms with E-state index < -0.39 is 6.09 Å². The van der Waals surface area contributed by atoms with Crippen LogP contribution in [0.5, 0.6) is 0 Å². The molecule has 4 nitrogen and oxygen atoms in total. The fourth-order valence-electron chi connectivity index (χ4n) is 2.62. The molecule has 0 aromatic heterocycles. The van der Waals surface area contributed by atoms with Gasteiger partial charge in [0.25, 0.3) is 0 Å². The molecule has 2 N–H and O–H groups in total. The van der Waals surface area contributed by atoms with Crippen LogP contribution in [0.25, 0.3) is 6.08 Å². The molecule has 1 atom stereocenters. The first-order chi connectivity index (χ1) is 9.66. The standard InChI is InChI=1S/C16H22N2O2/c1-13(10-14-6-3-2-4-7-14)11-17-12-15-8-5-9-18(15)16(19)20/h2-4,6-7,10,15,17H,5,8-9,11-12H2,1H3,(H,19,20)/t15-/m0/s1. The van der Waals surface area contributed by atoms with Gasteiger partial charge in [0.15, 0.2) is 0 Å². The summed E-state index contributed by atoms with van der Waals surface area (Å²) in [7, 11) is 0. The highest BCUT2D eigenvalue weighted by molar-refractivity contribution is 5.65. The van der Waals surface area contributed by atoms with E-state index in [2.05, 4.69) is 30.4 Å². The van der Waals surface area contributed by atoms with Crippen molar-refractivity contribution in [2.24, 2.45) is 0 Å². The third-order valence-corrected chi connectivity index (χ3v) is 3.62. The quantitative estimate of drug-likeness (QED) is 0.868. The molecule has 0 aliphatic carbocycles. The normalized spacial score (nSPS) is 19.4. The average molecular weight is 274 g/mol. The number of nitrogens with one attached hydrogen (secondary N) is 1. The molecule has 0 radical (unpaired) electrons. The number of likely N-dealkylation sites (tertiary alicyclic amines) is 1. The molecule has 1 fully saturated rings. The van der Waals surface area contributed by atoms with Gasteiger partial charge >= 0.3 is 6.09 Å². The van der Waals surface area contributed by atoms with Gasteiger partial charge in [0.1, 0.15) is 0 Å². The van der Waals surface area contributed by atoms with E-state index in [0.29, 0.717) is 6.54 Å². The van der Waals surface area contributed by atoms with Crippen LogP contribution in [0, 0.1) is 0 Å². The summed E-state index contributed by atoms with van der Waals surface area (Å²) in [6, 6.07) is 10.3.